The van der Waals surface area contributed by atoms with Gasteiger partial charge >= 0.3 is 0 Å². The van der Waals surface area contributed by atoms with Crippen molar-refractivity contribution in [2.45, 2.75) is 45.3 Å². The fourth-order valence-corrected chi connectivity index (χ4v) is 3.32. The predicted molar refractivity (Wildman–Crippen MR) is 112 cm³/mol. The average Bonchev–Trinajstić information content (AvgIpc) is 2.66. The summed E-state index contributed by atoms with van der Waals surface area (Å²) in [6.45, 7) is 9.09. The van der Waals surface area contributed by atoms with E-state index in [2.05, 4.69) is 46.5 Å². The Hall–Kier alpha value is -1.79. The molecule has 1 unspecified atom stereocenters. The van der Waals surface area contributed by atoms with E-state index >= 15 is 0 Å². The number of benzene rings is 1. The van der Waals surface area contributed by atoms with Gasteiger partial charge in [-0.2, -0.15) is 0 Å². The second kappa shape index (κ2) is 11.8. The van der Waals surface area contributed by atoms with Crippen LogP contribution in [0.5, 0.6) is 5.75 Å². The highest BCUT2D eigenvalue weighted by Crippen LogP contribution is 2.14. The molecule has 1 fully saturated rings. The van der Waals surface area contributed by atoms with Gasteiger partial charge in [0.05, 0.1) is 6.54 Å². The molecule has 1 aromatic carbocycles. The number of hydrogen-bond acceptors (Lipinski definition) is 4. The zero-order valence-corrected chi connectivity index (χ0v) is 17.3. The molecule has 0 spiro atoms. The fraction of sp³-hybridized carbons (Fsp3) is 0.667. The van der Waals surface area contributed by atoms with Crippen molar-refractivity contribution < 1.29 is 9.47 Å². The molecule has 0 saturated carbocycles. The molecule has 1 atom stereocenters. The van der Waals surface area contributed by atoms with Crippen molar-refractivity contribution in [3.05, 3.63) is 29.8 Å². The van der Waals surface area contributed by atoms with E-state index < -0.39 is 0 Å². The topological polar surface area (TPSA) is 58.1 Å². The van der Waals surface area contributed by atoms with Crippen LogP contribution in [-0.2, 0) is 4.74 Å². The number of aliphatic imine (C=N–C) groups is 1. The first-order valence-electron chi connectivity index (χ1n) is 10.0. The van der Waals surface area contributed by atoms with Crippen molar-refractivity contribution in [2.24, 2.45) is 4.99 Å². The van der Waals surface area contributed by atoms with Crippen molar-refractivity contribution in [1.82, 2.24) is 15.5 Å². The number of ether oxygens (including phenoxy) is 2. The second-order valence-corrected chi connectivity index (χ2v) is 7.30. The van der Waals surface area contributed by atoms with Gasteiger partial charge in [0, 0.05) is 46.4 Å². The zero-order chi connectivity index (χ0) is 19.5. The van der Waals surface area contributed by atoms with Gasteiger partial charge in [-0.3, -0.25) is 4.99 Å². The molecule has 1 aliphatic rings. The molecular formula is C21H36N4O2. The molecule has 2 N–H and O–H groups in total. The van der Waals surface area contributed by atoms with E-state index in [1.54, 1.807) is 7.11 Å². The third kappa shape index (κ3) is 8.18. The van der Waals surface area contributed by atoms with Crippen molar-refractivity contribution in [3.8, 4) is 5.75 Å². The lowest BCUT2D eigenvalue weighted by atomic mass is 10.1. The summed E-state index contributed by atoms with van der Waals surface area (Å²) in [5.74, 6) is 1.76. The fourth-order valence-electron chi connectivity index (χ4n) is 3.32. The van der Waals surface area contributed by atoms with Crippen LogP contribution in [0.25, 0.3) is 0 Å². The smallest absolute Gasteiger partial charge is 0.191 e. The highest BCUT2D eigenvalue weighted by molar-refractivity contribution is 5.80. The molecule has 1 aromatic rings. The molecular weight excluding hydrogens is 340 g/mol. The first-order valence-corrected chi connectivity index (χ1v) is 10.0. The summed E-state index contributed by atoms with van der Waals surface area (Å²) in [6.07, 6.45) is 3.45. The van der Waals surface area contributed by atoms with Crippen LogP contribution in [0.3, 0.4) is 0 Å². The summed E-state index contributed by atoms with van der Waals surface area (Å²) in [6, 6.07) is 8.63. The van der Waals surface area contributed by atoms with E-state index in [-0.39, 0.29) is 6.10 Å². The van der Waals surface area contributed by atoms with E-state index in [1.807, 2.05) is 19.2 Å². The number of rotatable bonds is 9. The SMILES string of the molecule is CN=C(NCC(C)Oc1cccc(C)c1)NC1CCN(CCCOC)CC1. The molecule has 0 aliphatic carbocycles. The lowest BCUT2D eigenvalue weighted by molar-refractivity contribution is 0.155. The van der Waals surface area contributed by atoms with Gasteiger partial charge in [-0.05, 0) is 50.8 Å². The average molecular weight is 377 g/mol. The Kier molecular flexibility index (Phi) is 9.42. The minimum absolute atomic E-state index is 0.0629. The molecule has 2 rings (SSSR count). The maximum absolute atomic E-state index is 5.98. The Morgan fingerprint density at radius 2 is 2.11 bits per heavy atom. The lowest BCUT2D eigenvalue weighted by Crippen LogP contribution is -2.50. The zero-order valence-electron chi connectivity index (χ0n) is 17.3. The van der Waals surface area contributed by atoms with Gasteiger partial charge < -0.3 is 25.0 Å². The Bertz CT molecular complexity index is 571. The van der Waals surface area contributed by atoms with Gasteiger partial charge in [-0.1, -0.05) is 12.1 Å². The Balaban J connectivity index is 1.67. The van der Waals surface area contributed by atoms with Crippen molar-refractivity contribution in [1.29, 1.82) is 0 Å². The highest BCUT2D eigenvalue weighted by atomic mass is 16.5. The number of nitrogens with one attached hydrogen (secondary N) is 2. The van der Waals surface area contributed by atoms with Crippen LogP contribution in [-0.4, -0.2) is 69.9 Å². The van der Waals surface area contributed by atoms with Crippen LogP contribution in [0.1, 0.15) is 31.7 Å². The maximum Gasteiger partial charge on any atom is 0.191 e. The van der Waals surface area contributed by atoms with E-state index in [1.165, 1.54) is 5.56 Å². The van der Waals surface area contributed by atoms with Gasteiger partial charge in [-0.25, -0.2) is 0 Å². The number of piperidine rings is 1. The third-order valence-corrected chi connectivity index (χ3v) is 4.86. The molecule has 27 heavy (non-hydrogen) atoms. The first kappa shape index (κ1) is 21.5. The first-order chi connectivity index (χ1) is 13.1. The van der Waals surface area contributed by atoms with E-state index in [0.29, 0.717) is 12.6 Å². The third-order valence-electron chi connectivity index (χ3n) is 4.86. The highest BCUT2D eigenvalue weighted by Gasteiger charge is 2.19. The van der Waals surface area contributed by atoms with Gasteiger partial charge in [0.15, 0.2) is 5.96 Å². The molecule has 1 aliphatic heterocycles. The van der Waals surface area contributed by atoms with Crippen LogP contribution in [0, 0.1) is 6.92 Å². The summed E-state index contributed by atoms with van der Waals surface area (Å²) >= 11 is 0. The van der Waals surface area contributed by atoms with Crippen LogP contribution >= 0.6 is 0 Å². The van der Waals surface area contributed by atoms with Gasteiger partial charge in [0.2, 0.25) is 0 Å². The Labute approximate surface area is 164 Å². The summed E-state index contributed by atoms with van der Waals surface area (Å²) < 4.78 is 11.1. The summed E-state index contributed by atoms with van der Waals surface area (Å²) in [5.41, 5.74) is 1.21. The minimum Gasteiger partial charge on any atom is -0.489 e. The molecule has 0 radical (unpaired) electrons. The number of guanidine groups is 1. The Morgan fingerprint density at radius 3 is 2.78 bits per heavy atom. The van der Waals surface area contributed by atoms with Crippen molar-refractivity contribution in [2.75, 3.05) is 46.9 Å². The van der Waals surface area contributed by atoms with Crippen LogP contribution in [0.4, 0.5) is 0 Å². The summed E-state index contributed by atoms with van der Waals surface area (Å²) in [4.78, 5) is 6.88. The molecule has 152 valence electrons. The van der Waals surface area contributed by atoms with Gasteiger partial charge in [0.1, 0.15) is 11.9 Å². The number of hydrogen-bond donors (Lipinski definition) is 2. The van der Waals surface area contributed by atoms with Crippen LogP contribution < -0.4 is 15.4 Å². The van der Waals surface area contributed by atoms with Gasteiger partial charge in [-0.15, -0.1) is 0 Å². The molecule has 0 amide bonds. The van der Waals surface area contributed by atoms with E-state index in [4.69, 9.17) is 9.47 Å². The predicted octanol–water partition coefficient (Wildman–Crippen LogP) is 2.43. The van der Waals surface area contributed by atoms with Crippen LogP contribution in [0.2, 0.25) is 0 Å². The number of aryl methyl sites for hydroxylation is 1. The maximum atomic E-state index is 5.98. The number of likely N-dealkylation sites (tertiary alicyclic amines) is 1. The molecule has 6 heteroatoms. The number of nitrogens with zero attached hydrogens (tertiary/aromatic N) is 2. The molecule has 1 heterocycles. The molecule has 1 saturated heterocycles. The summed E-state index contributed by atoms with van der Waals surface area (Å²) in [7, 11) is 3.59. The summed E-state index contributed by atoms with van der Waals surface area (Å²) in [5, 5.41) is 6.94. The largest absolute Gasteiger partial charge is 0.489 e. The van der Waals surface area contributed by atoms with Gasteiger partial charge in [0.25, 0.3) is 0 Å². The van der Waals surface area contributed by atoms with E-state index in [9.17, 15) is 0 Å². The number of methoxy groups -OCH3 is 1. The molecule has 0 bridgehead atoms. The normalized spacial score (nSPS) is 17.6. The van der Waals surface area contributed by atoms with E-state index in [0.717, 1.165) is 57.2 Å². The quantitative estimate of drug-likeness (QED) is 0.394. The Morgan fingerprint density at radius 1 is 1.33 bits per heavy atom. The van der Waals surface area contributed by atoms with Crippen LogP contribution in [0.15, 0.2) is 29.3 Å². The van der Waals surface area contributed by atoms with Crippen molar-refractivity contribution >= 4 is 5.96 Å². The lowest BCUT2D eigenvalue weighted by Gasteiger charge is -2.33. The van der Waals surface area contributed by atoms with Crippen molar-refractivity contribution in [3.63, 3.8) is 0 Å². The molecule has 6 nitrogen and oxygen atoms in total. The monoisotopic (exact) mass is 376 g/mol. The molecule has 0 aromatic heterocycles. The standard InChI is InChI=1S/C21H36N4O2/c1-17-7-5-8-20(15-17)27-18(2)16-23-21(22-3)24-19-9-12-25(13-10-19)11-6-14-26-4/h5,7-8,15,18-19H,6,9-14,16H2,1-4H3,(H2,22,23,24). The second-order valence-electron chi connectivity index (χ2n) is 7.30. The minimum atomic E-state index is 0.0629.